The van der Waals surface area contributed by atoms with Gasteiger partial charge in [0.15, 0.2) is 0 Å². The fraction of sp³-hybridized carbons (Fsp3) is 0.0833. The van der Waals surface area contributed by atoms with E-state index >= 15 is 0 Å². The lowest BCUT2D eigenvalue weighted by atomic mass is 10.2. The van der Waals surface area contributed by atoms with Gasteiger partial charge in [0.25, 0.3) is 0 Å². The maximum atomic E-state index is 11.0. The Bertz CT molecular complexity index is 525. The first-order chi connectivity index (χ1) is 7.24. The molecule has 1 heterocycles. The summed E-state index contributed by atoms with van der Waals surface area (Å²) in [5.41, 5.74) is 1.27. The lowest BCUT2D eigenvalue weighted by Gasteiger charge is -1.98. The van der Waals surface area contributed by atoms with Crippen LogP contribution in [0.1, 0.15) is 10.4 Å². The minimum atomic E-state index is -0.894. The summed E-state index contributed by atoms with van der Waals surface area (Å²) in [4.78, 5) is 11.0. The van der Waals surface area contributed by atoms with E-state index < -0.39 is 5.97 Å². The summed E-state index contributed by atoms with van der Waals surface area (Å²) >= 11 is 0. The molecule has 0 saturated heterocycles. The molecule has 76 valence electrons. The number of aromatic nitrogens is 1. The normalized spacial score (nSPS) is 10.4. The summed E-state index contributed by atoms with van der Waals surface area (Å²) < 4.78 is 1.88. The zero-order valence-corrected chi connectivity index (χ0v) is 8.18. The first-order valence-corrected chi connectivity index (χ1v) is 4.66. The van der Waals surface area contributed by atoms with Gasteiger partial charge in [-0.05, 0) is 6.07 Å². The predicted octanol–water partition coefficient (Wildman–Crippen LogP) is 2.53. The zero-order chi connectivity index (χ0) is 10.8. The Balaban J connectivity index is 2.72. The monoisotopic (exact) mass is 201 g/mol. The van der Waals surface area contributed by atoms with Crippen molar-refractivity contribution in [1.82, 2.24) is 4.57 Å². The van der Waals surface area contributed by atoms with Gasteiger partial charge < -0.3 is 9.67 Å². The minimum Gasteiger partial charge on any atom is -0.478 e. The molecule has 15 heavy (non-hydrogen) atoms. The molecule has 3 heteroatoms. The summed E-state index contributed by atoms with van der Waals surface area (Å²) in [6.07, 6.45) is 3.40. The number of aromatic carboxylic acids is 1. The number of para-hydroxylation sites is 1. The van der Waals surface area contributed by atoms with E-state index in [0.717, 1.165) is 10.9 Å². The summed E-state index contributed by atoms with van der Waals surface area (Å²) in [5.74, 6) is -0.894. The van der Waals surface area contributed by atoms with Crippen molar-refractivity contribution in [2.24, 2.45) is 0 Å². The first-order valence-electron chi connectivity index (χ1n) is 4.66. The van der Waals surface area contributed by atoms with Crippen LogP contribution in [0, 0.1) is 0 Å². The molecule has 0 aliphatic carbocycles. The van der Waals surface area contributed by atoms with Crippen molar-refractivity contribution in [3.05, 3.63) is 48.7 Å². The molecular weight excluding hydrogens is 190 g/mol. The lowest BCUT2D eigenvalue weighted by Crippen LogP contribution is -1.95. The molecule has 2 aromatic rings. The average molecular weight is 201 g/mol. The summed E-state index contributed by atoms with van der Waals surface area (Å²) in [6.45, 7) is 4.27. The number of nitrogens with zero attached hydrogens (tertiary/aromatic N) is 1. The second-order valence-corrected chi connectivity index (χ2v) is 3.31. The molecule has 3 nitrogen and oxygen atoms in total. The number of benzene rings is 1. The molecule has 0 amide bonds. The number of carboxylic acid groups (broad SMARTS) is 1. The van der Waals surface area contributed by atoms with Crippen molar-refractivity contribution >= 4 is 16.9 Å². The second-order valence-electron chi connectivity index (χ2n) is 3.31. The maximum Gasteiger partial charge on any atom is 0.337 e. The molecular formula is C12H11NO2. The van der Waals surface area contributed by atoms with Crippen molar-refractivity contribution in [1.29, 1.82) is 0 Å². The van der Waals surface area contributed by atoms with Crippen LogP contribution >= 0.6 is 0 Å². The number of hydrogen-bond donors (Lipinski definition) is 1. The molecule has 0 spiro atoms. The van der Waals surface area contributed by atoms with Gasteiger partial charge in [0.05, 0.1) is 5.56 Å². The number of carbonyl (C=O) groups is 1. The van der Waals surface area contributed by atoms with E-state index in [4.69, 9.17) is 5.11 Å². The molecule has 1 N–H and O–H groups in total. The van der Waals surface area contributed by atoms with Crippen molar-refractivity contribution in [2.45, 2.75) is 6.54 Å². The van der Waals surface area contributed by atoms with Crippen LogP contribution in [0.25, 0.3) is 10.9 Å². The number of hydrogen-bond acceptors (Lipinski definition) is 1. The van der Waals surface area contributed by atoms with Gasteiger partial charge in [-0.25, -0.2) is 4.79 Å². The second kappa shape index (κ2) is 3.61. The van der Waals surface area contributed by atoms with Gasteiger partial charge in [-0.1, -0.05) is 24.3 Å². The minimum absolute atomic E-state index is 0.340. The molecule has 0 aliphatic rings. The Morgan fingerprint density at radius 2 is 2.20 bits per heavy atom. The fourth-order valence-electron chi connectivity index (χ4n) is 1.71. The molecule has 0 radical (unpaired) electrons. The van der Waals surface area contributed by atoms with E-state index in [-0.39, 0.29) is 0 Å². The Morgan fingerprint density at radius 3 is 2.87 bits per heavy atom. The zero-order valence-electron chi connectivity index (χ0n) is 8.18. The van der Waals surface area contributed by atoms with Crippen LogP contribution in [0.4, 0.5) is 0 Å². The highest BCUT2D eigenvalue weighted by Crippen LogP contribution is 2.21. The number of fused-ring (bicyclic) bond motifs is 1. The van der Waals surface area contributed by atoms with Gasteiger partial charge in [0.1, 0.15) is 0 Å². The third-order valence-corrected chi connectivity index (χ3v) is 2.34. The summed E-state index contributed by atoms with van der Waals surface area (Å²) in [5, 5.41) is 9.80. The third kappa shape index (κ3) is 1.52. The molecule has 1 aromatic carbocycles. The average Bonchev–Trinajstić information content (AvgIpc) is 2.59. The topological polar surface area (TPSA) is 42.2 Å². The lowest BCUT2D eigenvalue weighted by molar-refractivity contribution is 0.0699. The highest BCUT2D eigenvalue weighted by molar-refractivity contribution is 6.03. The Labute approximate surface area is 87.3 Å². The quantitative estimate of drug-likeness (QED) is 0.775. The molecule has 0 aliphatic heterocycles. The van der Waals surface area contributed by atoms with E-state index in [0.29, 0.717) is 12.1 Å². The van der Waals surface area contributed by atoms with E-state index in [2.05, 4.69) is 6.58 Å². The van der Waals surface area contributed by atoms with E-state index in [1.165, 1.54) is 0 Å². The molecule has 0 unspecified atom stereocenters. The first kappa shape index (κ1) is 9.52. The van der Waals surface area contributed by atoms with Crippen molar-refractivity contribution < 1.29 is 9.90 Å². The Hall–Kier alpha value is -2.03. The van der Waals surface area contributed by atoms with Crippen molar-refractivity contribution in [3.63, 3.8) is 0 Å². The van der Waals surface area contributed by atoms with Gasteiger partial charge in [-0.3, -0.25) is 0 Å². The standard InChI is InChI=1S/C12H11NO2/c1-2-7-13-8-10(12(14)15)9-5-3-4-6-11(9)13/h2-6,8H,1,7H2,(H,14,15). The van der Waals surface area contributed by atoms with Gasteiger partial charge in [0.2, 0.25) is 0 Å². The van der Waals surface area contributed by atoms with Crippen LogP contribution in [0.5, 0.6) is 0 Å². The highest BCUT2D eigenvalue weighted by Gasteiger charge is 2.12. The molecule has 0 bridgehead atoms. The molecule has 0 atom stereocenters. The van der Waals surface area contributed by atoms with E-state index in [9.17, 15) is 4.79 Å². The SMILES string of the molecule is C=CCn1cc(C(=O)O)c2ccccc21. The van der Waals surface area contributed by atoms with Crippen LogP contribution in [0.3, 0.4) is 0 Å². The summed E-state index contributed by atoms with van der Waals surface area (Å²) in [7, 11) is 0. The van der Waals surface area contributed by atoms with Gasteiger partial charge in [0, 0.05) is 23.6 Å². The summed E-state index contributed by atoms with van der Waals surface area (Å²) in [6, 6.07) is 7.46. The van der Waals surface area contributed by atoms with Crippen LogP contribution in [0.15, 0.2) is 43.1 Å². The van der Waals surface area contributed by atoms with Crippen LogP contribution in [-0.4, -0.2) is 15.6 Å². The van der Waals surface area contributed by atoms with Crippen molar-refractivity contribution in [2.75, 3.05) is 0 Å². The fourth-order valence-corrected chi connectivity index (χ4v) is 1.71. The van der Waals surface area contributed by atoms with Gasteiger partial charge in [-0.15, -0.1) is 6.58 Å². The molecule has 2 rings (SSSR count). The van der Waals surface area contributed by atoms with Crippen LogP contribution in [0.2, 0.25) is 0 Å². The van der Waals surface area contributed by atoms with Gasteiger partial charge in [-0.2, -0.15) is 0 Å². The largest absolute Gasteiger partial charge is 0.478 e. The predicted molar refractivity (Wildman–Crippen MR) is 59.1 cm³/mol. The van der Waals surface area contributed by atoms with Crippen molar-refractivity contribution in [3.8, 4) is 0 Å². The Kier molecular flexibility index (Phi) is 2.29. The number of rotatable bonds is 3. The number of carboxylic acids is 1. The van der Waals surface area contributed by atoms with E-state index in [1.54, 1.807) is 12.3 Å². The highest BCUT2D eigenvalue weighted by atomic mass is 16.4. The molecule has 0 saturated carbocycles. The smallest absolute Gasteiger partial charge is 0.337 e. The van der Waals surface area contributed by atoms with Gasteiger partial charge >= 0.3 is 5.97 Å². The maximum absolute atomic E-state index is 11.0. The van der Waals surface area contributed by atoms with Crippen LogP contribution in [-0.2, 0) is 6.54 Å². The third-order valence-electron chi connectivity index (χ3n) is 2.34. The molecule has 1 aromatic heterocycles. The number of allylic oxidation sites excluding steroid dienone is 1. The van der Waals surface area contributed by atoms with Crippen LogP contribution < -0.4 is 0 Å². The Morgan fingerprint density at radius 1 is 1.47 bits per heavy atom. The molecule has 0 fully saturated rings. The van der Waals surface area contributed by atoms with E-state index in [1.807, 2.05) is 28.8 Å².